The summed E-state index contributed by atoms with van der Waals surface area (Å²) < 4.78 is 5.24. The van der Waals surface area contributed by atoms with E-state index in [1.54, 1.807) is 13.0 Å². The molecule has 4 nitrogen and oxygen atoms in total. The van der Waals surface area contributed by atoms with Gasteiger partial charge in [0.1, 0.15) is 11.8 Å². The highest BCUT2D eigenvalue weighted by Crippen LogP contribution is 2.24. The zero-order valence-corrected chi connectivity index (χ0v) is 9.44. The summed E-state index contributed by atoms with van der Waals surface area (Å²) in [6, 6.07) is 5.55. The molecule has 16 heavy (non-hydrogen) atoms. The van der Waals surface area contributed by atoms with Gasteiger partial charge in [0.15, 0.2) is 6.10 Å². The van der Waals surface area contributed by atoms with Crippen molar-refractivity contribution in [3.8, 4) is 11.8 Å². The summed E-state index contributed by atoms with van der Waals surface area (Å²) in [6.45, 7) is 5.09. The maximum Gasteiger partial charge on any atom is 0.344 e. The molecule has 1 N–H and O–H groups in total. The lowest BCUT2D eigenvalue weighted by molar-refractivity contribution is -0.144. The molecule has 0 saturated carbocycles. The number of aliphatic carboxylic acids is 1. The predicted molar refractivity (Wildman–Crippen MR) is 58.4 cm³/mol. The van der Waals surface area contributed by atoms with Gasteiger partial charge in [-0.2, -0.15) is 5.26 Å². The molecule has 0 aliphatic rings. The second kappa shape index (κ2) is 4.67. The van der Waals surface area contributed by atoms with Crippen molar-refractivity contribution in [1.29, 1.82) is 5.26 Å². The van der Waals surface area contributed by atoms with Gasteiger partial charge in [-0.1, -0.05) is 6.07 Å². The number of hydrogen-bond donors (Lipinski definition) is 1. The van der Waals surface area contributed by atoms with Gasteiger partial charge in [0.2, 0.25) is 0 Å². The Morgan fingerprint density at radius 3 is 2.62 bits per heavy atom. The highest BCUT2D eigenvalue weighted by atomic mass is 16.5. The average Bonchev–Trinajstić information content (AvgIpc) is 2.16. The van der Waals surface area contributed by atoms with Crippen LogP contribution in [0.5, 0.6) is 5.75 Å². The van der Waals surface area contributed by atoms with Crippen molar-refractivity contribution in [2.75, 3.05) is 0 Å². The topological polar surface area (TPSA) is 70.3 Å². The van der Waals surface area contributed by atoms with Crippen LogP contribution in [0.4, 0.5) is 0 Å². The van der Waals surface area contributed by atoms with Gasteiger partial charge >= 0.3 is 5.97 Å². The SMILES string of the molecule is Cc1cc(C)c(C#N)c(OC(C)C(=O)O)c1. The molecule has 0 heterocycles. The highest BCUT2D eigenvalue weighted by molar-refractivity contribution is 5.72. The number of aryl methyl sites for hydroxylation is 2. The Morgan fingerprint density at radius 1 is 1.50 bits per heavy atom. The first-order valence-electron chi connectivity index (χ1n) is 4.86. The van der Waals surface area contributed by atoms with Crippen LogP contribution in [0.1, 0.15) is 23.6 Å². The molecular weight excluding hydrogens is 206 g/mol. The first-order valence-corrected chi connectivity index (χ1v) is 4.86. The van der Waals surface area contributed by atoms with Crippen LogP contribution < -0.4 is 4.74 Å². The van der Waals surface area contributed by atoms with Crippen molar-refractivity contribution < 1.29 is 14.6 Å². The fraction of sp³-hybridized carbons (Fsp3) is 0.333. The molecule has 1 aromatic rings. The van der Waals surface area contributed by atoms with Crippen molar-refractivity contribution in [2.24, 2.45) is 0 Å². The Balaban J connectivity index is 3.13. The van der Waals surface area contributed by atoms with Gasteiger partial charge < -0.3 is 9.84 Å². The van der Waals surface area contributed by atoms with Gasteiger partial charge in [0, 0.05) is 0 Å². The summed E-state index contributed by atoms with van der Waals surface area (Å²) in [6.07, 6.45) is -0.965. The molecule has 0 amide bonds. The first-order chi connectivity index (χ1) is 7.45. The van der Waals surface area contributed by atoms with Gasteiger partial charge in [0.25, 0.3) is 0 Å². The molecule has 0 aromatic heterocycles. The molecule has 0 bridgehead atoms. The van der Waals surface area contributed by atoms with Crippen molar-refractivity contribution in [3.05, 3.63) is 28.8 Å². The maximum atomic E-state index is 10.7. The number of carboxylic acids is 1. The largest absolute Gasteiger partial charge is 0.479 e. The summed E-state index contributed by atoms with van der Waals surface area (Å²) in [4.78, 5) is 10.7. The second-order valence-electron chi connectivity index (χ2n) is 3.67. The molecule has 0 spiro atoms. The molecule has 0 fully saturated rings. The molecule has 84 valence electrons. The quantitative estimate of drug-likeness (QED) is 0.844. The minimum absolute atomic E-state index is 0.329. The van der Waals surface area contributed by atoms with Crippen molar-refractivity contribution in [2.45, 2.75) is 26.9 Å². The number of nitriles is 1. The van der Waals surface area contributed by atoms with Crippen LogP contribution in [0.15, 0.2) is 12.1 Å². The molecule has 0 saturated heterocycles. The van der Waals surface area contributed by atoms with E-state index in [9.17, 15) is 4.79 Å². The molecule has 0 radical (unpaired) electrons. The van der Waals surface area contributed by atoms with Gasteiger partial charge in [-0.3, -0.25) is 0 Å². The number of benzene rings is 1. The van der Waals surface area contributed by atoms with Gasteiger partial charge in [-0.25, -0.2) is 4.79 Å². The number of rotatable bonds is 3. The Bertz CT molecular complexity index is 460. The minimum atomic E-state index is -1.05. The molecule has 1 atom stereocenters. The van der Waals surface area contributed by atoms with Gasteiger partial charge in [-0.05, 0) is 38.0 Å². The minimum Gasteiger partial charge on any atom is -0.479 e. The number of hydrogen-bond acceptors (Lipinski definition) is 3. The Morgan fingerprint density at radius 2 is 2.12 bits per heavy atom. The first kappa shape index (κ1) is 12.1. The molecule has 1 unspecified atom stereocenters. The van der Waals surface area contributed by atoms with E-state index in [2.05, 4.69) is 0 Å². The van der Waals surface area contributed by atoms with Crippen LogP contribution in [0.2, 0.25) is 0 Å². The Kier molecular flexibility index (Phi) is 3.51. The third kappa shape index (κ3) is 2.51. The van der Waals surface area contributed by atoms with E-state index >= 15 is 0 Å². The zero-order valence-electron chi connectivity index (χ0n) is 9.44. The van der Waals surface area contributed by atoms with Crippen molar-refractivity contribution in [3.63, 3.8) is 0 Å². The number of ether oxygens (including phenoxy) is 1. The van der Waals surface area contributed by atoms with E-state index in [1.807, 2.05) is 19.1 Å². The van der Waals surface area contributed by atoms with Crippen molar-refractivity contribution >= 4 is 5.97 Å². The lowest BCUT2D eigenvalue weighted by Crippen LogP contribution is -2.23. The Labute approximate surface area is 94.1 Å². The van der Waals surface area contributed by atoms with Crippen LogP contribution in [0, 0.1) is 25.2 Å². The van der Waals surface area contributed by atoms with E-state index in [0.29, 0.717) is 11.3 Å². The fourth-order valence-corrected chi connectivity index (χ4v) is 1.41. The van der Waals surface area contributed by atoms with E-state index in [-0.39, 0.29) is 0 Å². The molecule has 0 aliphatic carbocycles. The maximum absolute atomic E-state index is 10.7. The van der Waals surface area contributed by atoms with Crippen LogP contribution in [-0.2, 0) is 4.79 Å². The Hall–Kier alpha value is -2.02. The van der Waals surface area contributed by atoms with E-state index in [0.717, 1.165) is 11.1 Å². The summed E-state index contributed by atoms with van der Waals surface area (Å²) in [5.41, 5.74) is 2.11. The lowest BCUT2D eigenvalue weighted by atomic mass is 10.1. The number of nitrogens with zero attached hydrogens (tertiary/aromatic N) is 1. The van der Waals surface area contributed by atoms with E-state index in [4.69, 9.17) is 15.1 Å². The second-order valence-corrected chi connectivity index (χ2v) is 3.67. The molecule has 1 aromatic carbocycles. The molecule has 0 aliphatic heterocycles. The fourth-order valence-electron chi connectivity index (χ4n) is 1.41. The standard InChI is InChI=1S/C12H13NO3/c1-7-4-8(2)10(6-13)11(5-7)16-9(3)12(14)15/h4-5,9H,1-3H3,(H,14,15). The lowest BCUT2D eigenvalue weighted by Gasteiger charge is -2.13. The summed E-state index contributed by atoms with van der Waals surface area (Å²) in [5.74, 6) is -0.724. The molecular formula is C12H13NO3. The normalized spacial score (nSPS) is 11.6. The third-order valence-corrected chi connectivity index (χ3v) is 2.21. The van der Waals surface area contributed by atoms with Crippen LogP contribution in [0.25, 0.3) is 0 Å². The summed E-state index contributed by atoms with van der Waals surface area (Å²) in [5, 5.41) is 17.7. The van der Waals surface area contributed by atoms with E-state index in [1.165, 1.54) is 6.92 Å². The van der Waals surface area contributed by atoms with Crippen LogP contribution in [-0.4, -0.2) is 17.2 Å². The summed E-state index contributed by atoms with van der Waals surface area (Å²) in [7, 11) is 0. The zero-order chi connectivity index (χ0) is 12.3. The molecule has 4 heteroatoms. The van der Waals surface area contributed by atoms with Crippen LogP contribution in [0.3, 0.4) is 0 Å². The monoisotopic (exact) mass is 219 g/mol. The predicted octanol–water partition coefficient (Wildman–Crippen LogP) is 2.03. The van der Waals surface area contributed by atoms with Crippen molar-refractivity contribution in [1.82, 2.24) is 0 Å². The number of carboxylic acid groups (broad SMARTS) is 1. The molecule has 1 rings (SSSR count). The van der Waals surface area contributed by atoms with E-state index < -0.39 is 12.1 Å². The van der Waals surface area contributed by atoms with Gasteiger partial charge in [0.05, 0.1) is 5.56 Å². The van der Waals surface area contributed by atoms with Gasteiger partial charge in [-0.15, -0.1) is 0 Å². The van der Waals surface area contributed by atoms with Crippen LogP contribution >= 0.6 is 0 Å². The highest BCUT2D eigenvalue weighted by Gasteiger charge is 2.16. The summed E-state index contributed by atoms with van der Waals surface area (Å²) >= 11 is 0. The third-order valence-electron chi connectivity index (χ3n) is 2.21. The number of carbonyl (C=O) groups is 1. The smallest absolute Gasteiger partial charge is 0.344 e. The average molecular weight is 219 g/mol.